The number of hydrogen-bond donors (Lipinski definition) is 3. The van der Waals surface area contributed by atoms with Crippen LogP contribution in [0, 0.1) is 0 Å². The molecule has 0 aliphatic carbocycles. The summed E-state index contributed by atoms with van der Waals surface area (Å²) in [6, 6.07) is 28.8. The van der Waals surface area contributed by atoms with Crippen molar-refractivity contribution in [1.29, 1.82) is 0 Å². The smallest absolute Gasteiger partial charge is 0.178 e. The molecule has 2 aliphatic rings. The Bertz CT molecular complexity index is 2570. The molecule has 312 valence electrons. The van der Waals surface area contributed by atoms with Gasteiger partial charge in [0.25, 0.3) is 0 Å². The maximum Gasteiger partial charge on any atom is 0.178 e. The van der Waals surface area contributed by atoms with Gasteiger partial charge in [-0.3, -0.25) is 0 Å². The zero-order chi connectivity index (χ0) is 40.6. The molecule has 0 radical (unpaired) electrons. The molecule has 19 heteroatoms. The van der Waals surface area contributed by atoms with Crippen LogP contribution in [-0.2, 0) is 32.5 Å². The summed E-state index contributed by atoms with van der Waals surface area (Å²) in [5, 5.41) is 11.2. The molecule has 59 heavy (non-hydrogen) atoms. The van der Waals surface area contributed by atoms with E-state index in [0.717, 1.165) is 60.1 Å². The van der Waals surface area contributed by atoms with E-state index < -0.39 is 19.7 Å². The van der Waals surface area contributed by atoms with E-state index >= 15 is 0 Å². The number of fused-ring (bicyclic) bond motifs is 2. The average Bonchev–Trinajstić information content (AvgIpc) is 3.87. The summed E-state index contributed by atoms with van der Waals surface area (Å²) < 4.78 is 47.7. The summed E-state index contributed by atoms with van der Waals surface area (Å²) >= 11 is 17.4. The molecule has 4 aromatic carbocycles. The molecule has 0 bridgehead atoms. The lowest BCUT2D eigenvalue weighted by molar-refractivity contribution is 0.595. The maximum atomic E-state index is 12.3. The number of aromatic nitrogens is 4. The summed E-state index contributed by atoms with van der Waals surface area (Å²) in [5.41, 5.74) is 5.94. The molecule has 6 aromatic rings. The fourth-order valence-electron chi connectivity index (χ4n) is 5.91. The number of rotatable bonds is 9. The minimum atomic E-state index is -3.26. The predicted octanol–water partition coefficient (Wildman–Crippen LogP) is 10.2. The first-order chi connectivity index (χ1) is 27.3. The van der Waals surface area contributed by atoms with Crippen LogP contribution in [0.2, 0.25) is 15.2 Å². The molecule has 0 saturated carbocycles. The van der Waals surface area contributed by atoms with Gasteiger partial charge in [-0.15, -0.1) is 24.8 Å². The van der Waals surface area contributed by atoms with E-state index in [9.17, 15) is 16.8 Å². The summed E-state index contributed by atoms with van der Waals surface area (Å²) in [6.07, 6.45) is 4.73. The normalized spacial score (nSPS) is 12.5. The molecule has 3 N–H and O–H groups in total. The Balaban J connectivity index is 0.000000210. The van der Waals surface area contributed by atoms with Crippen molar-refractivity contribution in [1.82, 2.24) is 19.9 Å². The molecule has 0 spiro atoms. The van der Waals surface area contributed by atoms with E-state index in [1.54, 1.807) is 68.4 Å². The first-order valence-electron chi connectivity index (χ1n) is 17.9. The molecule has 2 aromatic heterocycles. The Morgan fingerprint density at radius 1 is 0.627 bits per heavy atom. The molecule has 0 saturated heterocycles. The van der Waals surface area contributed by atoms with Crippen molar-refractivity contribution in [3.05, 3.63) is 136 Å². The predicted molar refractivity (Wildman–Crippen MR) is 244 cm³/mol. The lowest BCUT2D eigenvalue weighted by atomic mass is 10.2. The topological polar surface area (TPSA) is 159 Å². The van der Waals surface area contributed by atoms with Gasteiger partial charge < -0.3 is 20.9 Å². The van der Waals surface area contributed by atoms with Gasteiger partial charge in [0.2, 0.25) is 0 Å². The summed E-state index contributed by atoms with van der Waals surface area (Å²) in [7, 11) is -6.32. The molecule has 8 rings (SSSR count). The van der Waals surface area contributed by atoms with Gasteiger partial charge in [0.15, 0.2) is 19.7 Å². The minimum Gasteiger partial charge on any atom is -0.384 e. The molecular formula is C40H41Cl5N8O4S2. The summed E-state index contributed by atoms with van der Waals surface area (Å²) in [6.45, 7) is 4.96. The van der Waals surface area contributed by atoms with Crippen molar-refractivity contribution in [2.24, 2.45) is 0 Å². The van der Waals surface area contributed by atoms with Crippen LogP contribution >= 0.6 is 59.6 Å². The molecule has 4 heterocycles. The third-order valence-corrected chi connectivity index (χ3v) is 13.2. The van der Waals surface area contributed by atoms with Crippen molar-refractivity contribution in [2.75, 3.05) is 45.4 Å². The number of anilines is 7. The highest BCUT2D eigenvalue weighted by Gasteiger charge is 2.24. The number of hydrogen-bond acceptors (Lipinski definition) is 12. The van der Waals surface area contributed by atoms with Crippen LogP contribution in [0.5, 0.6) is 0 Å². The Morgan fingerprint density at radius 2 is 1.15 bits per heavy atom. The van der Waals surface area contributed by atoms with Crippen LogP contribution in [0.15, 0.2) is 120 Å². The molecule has 0 amide bonds. The lowest BCUT2D eigenvalue weighted by Gasteiger charge is -2.19. The van der Waals surface area contributed by atoms with Gasteiger partial charge in [-0.2, -0.15) is 0 Å². The van der Waals surface area contributed by atoms with E-state index in [1.807, 2.05) is 47.4 Å². The molecule has 0 unspecified atom stereocenters. The first kappa shape index (κ1) is 47.3. The second-order valence-corrected chi connectivity index (χ2v) is 18.6. The molecule has 2 aliphatic heterocycles. The minimum absolute atomic E-state index is 0. The van der Waals surface area contributed by atoms with Gasteiger partial charge in [0.05, 0.1) is 21.3 Å². The number of nitrogens with one attached hydrogen (secondary N) is 3. The largest absolute Gasteiger partial charge is 0.384 e. The van der Waals surface area contributed by atoms with Gasteiger partial charge in [-0.05, 0) is 96.8 Å². The van der Waals surface area contributed by atoms with Crippen molar-refractivity contribution in [3.8, 4) is 0 Å². The van der Waals surface area contributed by atoms with Crippen molar-refractivity contribution in [3.63, 3.8) is 0 Å². The van der Waals surface area contributed by atoms with Gasteiger partial charge in [0.1, 0.15) is 35.3 Å². The third kappa shape index (κ3) is 12.6. The van der Waals surface area contributed by atoms with Crippen molar-refractivity contribution >= 4 is 119 Å². The van der Waals surface area contributed by atoms with Gasteiger partial charge in [-0.1, -0.05) is 60.8 Å². The van der Waals surface area contributed by atoms with Gasteiger partial charge in [0, 0.05) is 58.0 Å². The van der Waals surface area contributed by atoms with Crippen molar-refractivity contribution < 1.29 is 16.8 Å². The molecule has 0 atom stereocenters. The van der Waals surface area contributed by atoms with Crippen LogP contribution in [-0.4, -0.2) is 61.4 Å². The third-order valence-electron chi connectivity index (χ3n) is 9.02. The highest BCUT2D eigenvalue weighted by Crippen LogP contribution is 2.36. The average molecular weight is 939 g/mol. The van der Waals surface area contributed by atoms with Crippen LogP contribution in [0.25, 0.3) is 0 Å². The fraction of sp³-hybridized carbons (Fsp3) is 0.200. The highest BCUT2D eigenvalue weighted by molar-refractivity contribution is 7.91. The number of sulfone groups is 2. The molecular weight excluding hydrogens is 898 g/mol. The fourth-order valence-corrected chi connectivity index (χ4v) is 8.12. The summed E-state index contributed by atoms with van der Waals surface area (Å²) in [5.74, 6) is 2.26. The van der Waals surface area contributed by atoms with Gasteiger partial charge in [-0.25, -0.2) is 36.8 Å². The zero-order valence-electron chi connectivity index (χ0n) is 31.8. The van der Waals surface area contributed by atoms with E-state index in [-0.39, 0.29) is 36.3 Å². The standard InChI is InChI=1S/C20H19ClN4O2S.C10H7Cl2N3.C10H13NO2S.2ClH/c1-2-28(26,27)17-8-3-14-9-10-25(18(14)11-17)20-12-19(22-13-23-20)24-16-6-4-15(21)5-7-16;11-7-1-3-8(4-2-7)15-10-5-9(12)13-6-14-10;1-2-14(12,13)9-4-3-8-5-6-11-10(8)7-9;;/h3-8,11-13H,2,9-10H2,1H3,(H,22,23,24);1-6H,(H,13,14,15);3-4,7,11H,2,5-6H2,1H3;2*1H. The Morgan fingerprint density at radius 3 is 1.71 bits per heavy atom. The lowest BCUT2D eigenvalue weighted by Crippen LogP contribution is -2.15. The SMILES string of the molecule is CCS(=O)(=O)c1ccc2c(c1)N(c1cc(Nc3ccc(Cl)cc3)ncn1)CC2.CCS(=O)(=O)c1ccc2c(c1)NCC2.Cl.Cl.Clc1ccc(Nc2cc(Cl)ncn2)cc1. The van der Waals surface area contributed by atoms with Crippen LogP contribution in [0.4, 0.5) is 40.2 Å². The summed E-state index contributed by atoms with van der Waals surface area (Å²) in [4.78, 5) is 19.3. The van der Waals surface area contributed by atoms with E-state index in [2.05, 4.69) is 35.9 Å². The van der Waals surface area contributed by atoms with Crippen LogP contribution in [0.1, 0.15) is 25.0 Å². The molecule has 12 nitrogen and oxygen atoms in total. The number of nitrogens with zero attached hydrogens (tertiary/aromatic N) is 5. The van der Waals surface area contributed by atoms with E-state index in [4.69, 9.17) is 34.8 Å². The van der Waals surface area contributed by atoms with Crippen LogP contribution < -0.4 is 20.9 Å². The molecule has 0 fully saturated rings. The second kappa shape index (κ2) is 21.2. The van der Waals surface area contributed by atoms with Gasteiger partial charge >= 0.3 is 0 Å². The van der Waals surface area contributed by atoms with Crippen LogP contribution in [0.3, 0.4) is 0 Å². The van der Waals surface area contributed by atoms with E-state index in [1.165, 1.54) is 18.2 Å². The zero-order valence-corrected chi connectivity index (χ0v) is 37.3. The Labute approximate surface area is 371 Å². The number of benzene rings is 4. The number of halogens is 5. The van der Waals surface area contributed by atoms with Crippen molar-refractivity contribution in [2.45, 2.75) is 36.5 Å². The maximum absolute atomic E-state index is 12.3. The van der Waals surface area contributed by atoms with E-state index in [0.29, 0.717) is 36.6 Å². The highest BCUT2D eigenvalue weighted by atomic mass is 35.5. The first-order valence-corrected chi connectivity index (χ1v) is 22.3. The monoisotopic (exact) mass is 936 g/mol. The Kier molecular flexibility index (Phi) is 17.0. The Hall–Kier alpha value is -4.41. The quantitative estimate of drug-likeness (QED) is 0.118. The second-order valence-electron chi connectivity index (χ2n) is 12.7.